The maximum Gasteiger partial charge on any atom is 0.186 e. The molecule has 0 radical (unpaired) electrons. The van der Waals surface area contributed by atoms with E-state index >= 15 is 0 Å². The van der Waals surface area contributed by atoms with Crippen LogP contribution in [-0.2, 0) is 14.2 Å². The summed E-state index contributed by atoms with van der Waals surface area (Å²) in [4.78, 5) is 0. The van der Waals surface area contributed by atoms with Crippen molar-refractivity contribution < 1.29 is 54.0 Å². The Morgan fingerprint density at radius 2 is 1.57 bits per heavy atom. The van der Waals surface area contributed by atoms with Gasteiger partial charge in [0, 0.05) is 7.11 Å². The summed E-state index contributed by atoms with van der Waals surface area (Å²) in [7, 11) is 4.18. The summed E-state index contributed by atoms with van der Waals surface area (Å²) in [6, 6.07) is 11.4. The topological polar surface area (TPSA) is 157 Å². The van der Waals surface area contributed by atoms with Gasteiger partial charge in [-0.05, 0) is 29.8 Å². The SMILES string of the molecule is COc1cc([C@@H](OC[C@H]2O[C@H](OC)[C@H](O)[C@@H](O)[C@H]2O)[C@H](CO)Oc2ccccc2OC)ccc1O. The smallest absolute Gasteiger partial charge is 0.186 e. The Hall–Kier alpha value is -2.64. The molecule has 1 heterocycles. The van der Waals surface area contributed by atoms with E-state index in [1.165, 1.54) is 33.5 Å². The lowest BCUT2D eigenvalue weighted by molar-refractivity contribution is -0.299. The fourth-order valence-corrected chi connectivity index (χ4v) is 3.81. The van der Waals surface area contributed by atoms with Gasteiger partial charge in [0.15, 0.2) is 35.4 Å². The highest BCUT2D eigenvalue weighted by Crippen LogP contribution is 2.35. The maximum absolute atomic E-state index is 10.4. The molecule has 1 saturated heterocycles. The predicted molar refractivity (Wildman–Crippen MR) is 122 cm³/mol. The Bertz CT molecular complexity index is 937. The third-order valence-corrected chi connectivity index (χ3v) is 5.74. The van der Waals surface area contributed by atoms with Crippen molar-refractivity contribution in [2.24, 2.45) is 0 Å². The first-order valence-electron chi connectivity index (χ1n) is 11.0. The lowest BCUT2D eigenvalue weighted by Gasteiger charge is -2.40. The molecule has 0 saturated carbocycles. The first kappa shape index (κ1) is 27.0. The standard InChI is InChI=1S/C24H32O11/c1-30-15-6-4-5-7-16(15)34-18(11-25)23(13-8-9-14(26)17(10-13)31-2)33-12-19-20(27)21(28)22(29)24(32-3)35-19/h4-10,18-29H,11-12H2,1-3H3/t18-,19+,20-,21-,22+,23+,24-/m0/s1. The van der Waals surface area contributed by atoms with Crippen LogP contribution < -0.4 is 14.2 Å². The summed E-state index contributed by atoms with van der Waals surface area (Å²) in [5.41, 5.74) is 0.489. The third kappa shape index (κ3) is 6.14. The molecule has 1 aliphatic rings. The number of hydrogen-bond acceptors (Lipinski definition) is 11. The third-order valence-electron chi connectivity index (χ3n) is 5.74. The molecule has 2 aromatic rings. The summed E-state index contributed by atoms with van der Waals surface area (Å²) in [6.45, 7) is -0.730. The Morgan fingerprint density at radius 3 is 2.20 bits per heavy atom. The van der Waals surface area contributed by atoms with Crippen LogP contribution in [0.2, 0.25) is 0 Å². The van der Waals surface area contributed by atoms with Crippen LogP contribution in [-0.4, -0.2) is 96.9 Å². The molecule has 1 fully saturated rings. The van der Waals surface area contributed by atoms with Crippen molar-refractivity contribution in [3.8, 4) is 23.0 Å². The second kappa shape index (κ2) is 12.4. The van der Waals surface area contributed by atoms with Gasteiger partial charge in [0.25, 0.3) is 0 Å². The number of para-hydroxylation sites is 2. The zero-order valence-electron chi connectivity index (χ0n) is 19.7. The van der Waals surface area contributed by atoms with Crippen LogP contribution in [0.4, 0.5) is 0 Å². The monoisotopic (exact) mass is 496 g/mol. The Morgan fingerprint density at radius 1 is 0.886 bits per heavy atom. The number of rotatable bonds is 11. The van der Waals surface area contributed by atoms with Gasteiger partial charge in [0.2, 0.25) is 0 Å². The Balaban J connectivity index is 1.89. The van der Waals surface area contributed by atoms with E-state index in [0.29, 0.717) is 17.1 Å². The molecule has 5 N–H and O–H groups in total. The van der Waals surface area contributed by atoms with Gasteiger partial charge in [0.1, 0.15) is 30.5 Å². The van der Waals surface area contributed by atoms with E-state index in [2.05, 4.69) is 0 Å². The number of phenols is 1. The van der Waals surface area contributed by atoms with Crippen LogP contribution in [0, 0.1) is 0 Å². The molecule has 35 heavy (non-hydrogen) atoms. The molecule has 7 atom stereocenters. The molecule has 0 unspecified atom stereocenters. The van der Waals surface area contributed by atoms with Crippen LogP contribution >= 0.6 is 0 Å². The summed E-state index contributed by atoms with van der Waals surface area (Å²) in [5, 5.41) is 50.8. The van der Waals surface area contributed by atoms with Crippen molar-refractivity contribution in [3.05, 3.63) is 48.0 Å². The number of aliphatic hydroxyl groups is 4. The maximum atomic E-state index is 10.4. The van der Waals surface area contributed by atoms with E-state index in [0.717, 1.165) is 0 Å². The van der Waals surface area contributed by atoms with E-state index in [1.807, 2.05) is 0 Å². The lowest BCUT2D eigenvalue weighted by Crippen LogP contribution is -2.59. The minimum atomic E-state index is -1.52. The average Bonchev–Trinajstić information content (AvgIpc) is 2.88. The van der Waals surface area contributed by atoms with Gasteiger partial charge < -0.3 is 54.0 Å². The Labute approximate surface area is 203 Å². The van der Waals surface area contributed by atoms with Crippen molar-refractivity contribution in [3.63, 3.8) is 0 Å². The quantitative estimate of drug-likeness (QED) is 0.293. The fraction of sp³-hybridized carbons (Fsp3) is 0.500. The molecule has 0 aromatic heterocycles. The summed E-state index contributed by atoms with van der Waals surface area (Å²) in [6.07, 6.45) is -8.57. The van der Waals surface area contributed by atoms with Gasteiger partial charge in [-0.1, -0.05) is 18.2 Å². The highest BCUT2D eigenvalue weighted by atomic mass is 16.7. The van der Waals surface area contributed by atoms with Gasteiger partial charge >= 0.3 is 0 Å². The van der Waals surface area contributed by atoms with Crippen molar-refractivity contribution in [2.45, 2.75) is 42.9 Å². The van der Waals surface area contributed by atoms with Gasteiger partial charge in [-0.15, -0.1) is 0 Å². The van der Waals surface area contributed by atoms with Crippen LogP contribution in [0.15, 0.2) is 42.5 Å². The average molecular weight is 497 g/mol. The predicted octanol–water partition coefficient (Wildman–Crippen LogP) is 0.361. The highest BCUT2D eigenvalue weighted by molar-refractivity contribution is 5.43. The largest absolute Gasteiger partial charge is 0.504 e. The second-order valence-electron chi connectivity index (χ2n) is 7.93. The fourth-order valence-electron chi connectivity index (χ4n) is 3.81. The number of aromatic hydroxyl groups is 1. The van der Waals surface area contributed by atoms with Gasteiger partial charge in [0.05, 0.1) is 27.4 Å². The molecule has 3 rings (SSSR count). The van der Waals surface area contributed by atoms with E-state index < -0.39 is 49.5 Å². The van der Waals surface area contributed by atoms with Crippen LogP contribution in [0.1, 0.15) is 11.7 Å². The lowest BCUT2D eigenvalue weighted by atomic mass is 9.99. The zero-order valence-corrected chi connectivity index (χ0v) is 19.7. The number of benzene rings is 2. The molecule has 11 heteroatoms. The first-order chi connectivity index (χ1) is 16.8. The van der Waals surface area contributed by atoms with Crippen LogP contribution in [0.5, 0.6) is 23.0 Å². The zero-order chi connectivity index (χ0) is 25.5. The Kier molecular flexibility index (Phi) is 9.52. The van der Waals surface area contributed by atoms with Gasteiger partial charge in [-0.25, -0.2) is 0 Å². The van der Waals surface area contributed by atoms with Crippen molar-refractivity contribution in [1.29, 1.82) is 0 Å². The number of hydrogen-bond donors (Lipinski definition) is 5. The van der Waals surface area contributed by atoms with Gasteiger partial charge in [-0.3, -0.25) is 0 Å². The number of phenolic OH excluding ortho intramolecular Hbond substituents is 1. The summed E-state index contributed by atoms with van der Waals surface area (Å²) >= 11 is 0. The molecule has 2 aromatic carbocycles. The summed E-state index contributed by atoms with van der Waals surface area (Å²) in [5.74, 6) is 0.892. The molecular formula is C24H32O11. The molecule has 0 amide bonds. The minimum Gasteiger partial charge on any atom is -0.504 e. The van der Waals surface area contributed by atoms with E-state index in [4.69, 9.17) is 28.4 Å². The molecule has 0 aliphatic carbocycles. The number of ether oxygens (including phenoxy) is 6. The highest BCUT2D eigenvalue weighted by Gasteiger charge is 2.44. The molecule has 194 valence electrons. The van der Waals surface area contributed by atoms with Gasteiger partial charge in [-0.2, -0.15) is 0 Å². The number of methoxy groups -OCH3 is 3. The molecular weight excluding hydrogens is 464 g/mol. The molecule has 0 bridgehead atoms. The summed E-state index contributed by atoms with van der Waals surface area (Å²) < 4.78 is 33.2. The van der Waals surface area contributed by atoms with Crippen molar-refractivity contribution in [2.75, 3.05) is 34.5 Å². The normalized spacial score (nSPS) is 26.1. The second-order valence-corrected chi connectivity index (χ2v) is 7.93. The van der Waals surface area contributed by atoms with E-state index in [9.17, 15) is 25.5 Å². The van der Waals surface area contributed by atoms with E-state index in [-0.39, 0.29) is 18.1 Å². The number of aliphatic hydroxyl groups excluding tert-OH is 4. The van der Waals surface area contributed by atoms with Crippen molar-refractivity contribution in [1.82, 2.24) is 0 Å². The van der Waals surface area contributed by atoms with Crippen LogP contribution in [0.3, 0.4) is 0 Å². The molecule has 0 spiro atoms. The van der Waals surface area contributed by atoms with Crippen molar-refractivity contribution >= 4 is 0 Å². The first-order valence-corrected chi connectivity index (χ1v) is 11.0. The van der Waals surface area contributed by atoms with Crippen LogP contribution in [0.25, 0.3) is 0 Å². The minimum absolute atomic E-state index is 0.0905. The molecule has 1 aliphatic heterocycles. The molecule has 11 nitrogen and oxygen atoms in total. The van der Waals surface area contributed by atoms with E-state index in [1.54, 1.807) is 30.3 Å².